The van der Waals surface area contributed by atoms with Gasteiger partial charge in [0.05, 0.1) is 18.1 Å². The molecule has 0 aliphatic heterocycles. The fraction of sp³-hybridized carbons (Fsp3) is 0.188. The number of methoxy groups -OCH3 is 1. The predicted octanol–water partition coefficient (Wildman–Crippen LogP) is 6.27. The number of hydrogen-bond acceptors (Lipinski definition) is 8. The van der Waals surface area contributed by atoms with Crippen LogP contribution in [0, 0.1) is 10.1 Å². The van der Waals surface area contributed by atoms with Gasteiger partial charge >= 0.3 is 12.2 Å². The van der Waals surface area contributed by atoms with Gasteiger partial charge < -0.3 is 24.3 Å². The van der Waals surface area contributed by atoms with E-state index >= 15 is 0 Å². The third-order valence-electron chi connectivity index (χ3n) is 6.96. The highest BCUT2D eigenvalue weighted by atomic mass is 16.7. The number of hydrogen-bond donors (Lipinski definition) is 1. The van der Waals surface area contributed by atoms with Crippen LogP contribution < -0.4 is 14.8 Å². The molecule has 214 valence electrons. The van der Waals surface area contributed by atoms with Crippen molar-refractivity contribution in [3.8, 4) is 22.6 Å². The van der Waals surface area contributed by atoms with E-state index in [1.54, 1.807) is 19.2 Å². The first-order chi connectivity index (χ1) is 20.4. The average Bonchev–Trinajstić information content (AvgIpc) is 3.33. The summed E-state index contributed by atoms with van der Waals surface area (Å²) in [5.41, 5.74) is 5.17. The van der Waals surface area contributed by atoms with E-state index in [-0.39, 0.29) is 30.6 Å². The van der Waals surface area contributed by atoms with Crippen molar-refractivity contribution in [1.29, 1.82) is 0 Å². The summed E-state index contributed by atoms with van der Waals surface area (Å²) in [6.07, 6.45) is -1.33. The Morgan fingerprint density at radius 3 is 2.02 bits per heavy atom. The van der Waals surface area contributed by atoms with E-state index in [0.29, 0.717) is 12.2 Å². The van der Waals surface area contributed by atoms with E-state index in [2.05, 4.69) is 17.4 Å². The van der Waals surface area contributed by atoms with Gasteiger partial charge in [-0.1, -0.05) is 60.7 Å². The quantitative estimate of drug-likeness (QED) is 0.103. The second kappa shape index (κ2) is 12.9. The summed E-state index contributed by atoms with van der Waals surface area (Å²) < 4.78 is 21.3. The van der Waals surface area contributed by atoms with Gasteiger partial charge in [-0.05, 0) is 58.5 Å². The average molecular weight is 569 g/mol. The number of benzene rings is 4. The van der Waals surface area contributed by atoms with Crippen molar-refractivity contribution in [2.24, 2.45) is 0 Å². The molecule has 1 atom stereocenters. The topological polar surface area (TPSA) is 126 Å². The maximum atomic E-state index is 13.0. The van der Waals surface area contributed by atoms with Crippen molar-refractivity contribution < 1.29 is 33.5 Å². The molecular formula is C32H28N2O8. The van der Waals surface area contributed by atoms with Gasteiger partial charge in [-0.15, -0.1) is 0 Å². The second-order valence-corrected chi connectivity index (χ2v) is 9.63. The lowest BCUT2D eigenvalue weighted by Gasteiger charge is -2.20. The zero-order valence-electron chi connectivity index (χ0n) is 22.7. The highest BCUT2D eigenvalue weighted by Gasteiger charge is 2.29. The molecule has 10 heteroatoms. The maximum absolute atomic E-state index is 13.0. The van der Waals surface area contributed by atoms with Gasteiger partial charge in [0, 0.05) is 18.1 Å². The molecule has 5 rings (SSSR count). The summed E-state index contributed by atoms with van der Waals surface area (Å²) in [7, 11) is 1.57. The fourth-order valence-electron chi connectivity index (χ4n) is 4.93. The third-order valence-corrected chi connectivity index (χ3v) is 6.96. The van der Waals surface area contributed by atoms with Gasteiger partial charge in [0.15, 0.2) is 0 Å². The van der Waals surface area contributed by atoms with E-state index in [4.69, 9.17) is 18.9 Å². The van der Waals surface area contributed by atoms with Crippen LogP contribution in [-0.2, 0) is 15.9 Å². The standard InChI is InChI=1S/C32H28N2O8/c1-39-24-14-10-21(11-15-24)18-22(19-41-32(36)42-25-16-12-23(13-17-25)34(37)38)33-31(35)40-20-30-28-8-4-2-6-26(28)27-7-3-5-9-29(27)30/h2-17,22,30H,18-20H2,1H3,(H,33,35)/t22-/m0/s1. The minimum absolute atomic E-state index is 0.0850. The molecule has 0 saturated heterocycles. The molecule has 1 N–H and O–H groups in total. The van der Waals surface area contributed by atoms with Crippen LogP contribution in [0.15, 0.2) is 97.1 Å². The predicted molar refractivity (Wildman–Crippen MR) is 154 cm³/mol. The third kappa shape index (κ3) is 6.67. The van der Waals surface area contributed by atoms with Crippen molar-refractivity contribution >= 4 is 17.9 Å². The number of nitrogens with zero attached hydrogens (tertiary/aromatic N) is 1. The van der Waals surface area contributed by atoms with E-state index < -0.39 is 23.2 Å². The number of rotatable bonds is 10. The Labute approximate surface area is 241 Å². The molecule has 1 aliphatic carbocycles. The highest BCUT2D eigenvalue weighted by molar-refractivity contribution is 5.79. The van der Waals surface area contributed by atoms with Crippen molar-refractivity contribution in [2.75, 3.05) is 20.3 Å². The zero-order chi connectivity index (χ0) is 29.5. The number of nitro groups is 1. The molecule has 0 aromatic heterocycles. The van der Waals surface area contributed by atoms with E-state index in [9.17, 15) is 19.7 Å². The lowest BCUT2D eigenvalue weighted by molar-refractivity contribution is -0.384. The maximum Gasteiger partial charge on any atom is 0.513 e. The lowest BCUT2D eigenvalue weighted by atomic mass is 9.98. The van der Waals surface area contributed by atoms with Crippen molar-refractivity contribution in [1.82, 2.24) is 5.32 Å². The van der Waals surface area contributed by atoms with Gasteiger partial charge in [-0.25, -0.2) is 9.59 Å². The summed E-state index contributed by atoms with van der Waals surface area (Å²) >= 11 is 0. The number of alkyl carbamates (subject to hydrolysis) is 1. The molecule has 0 heterocycles. The largest absolute Gasteiger partial charge is 0.513 e. The second-order valence-electron chi connectivity index (χ2n) is 9.63. The Balaban J connectivity index is 1.22. The van der Waals surface area contributed by atoms with Crippen LogP contribution in [0.4, 0.5) is 15.3 Å². The Kier molecular flexibility index (Phi) is 8.62. The summed E-state index contributed by atoms with van der Waals surface area (Å²) in [6, 6.07) is 27.8. The van der Waals surface area contributed by atoms with Gasteiger partial charge in [0.25, 0.3) is 5.69 Å². The van der Waals surface area contributed by atoms with E-state index in [1.165, 1.54) is 24.3 Å². The molecule has 0 bridgehead atoms. The summed E-state index contributed by atoms with van der Waals surface area (Å²) in [5, 5.41) is 13.6. The first-order valence-corrected chi connectivity index (χ1v) is 13.2. The van der Waals surface area contributed by atoms with Crippen molar-refractivity contribution in [2.45, 2.75) is 18.4 Å². The first kappa shape index (κ1) is 28.2. The number of carbonyl (C=O) groups excluding carboxylic acids is 2. The van der Waals surface area contributed by atoms with Crippen LogP contribution in [-0.4, -0.2) is 43.5 Å². The zero-order valence-corrected chi connectivity index (χ0v) is 22.7. The summed E-state index contributed by atoms with van der Waals surface area (Å²) in [6.45, 7) is -0.0692. The number of nitrogens with one attached hydrogen (secondary N) is 1. The minimum atomic E-state index is -1.02. The number of fused-ring (bicyclic) bond motifs is 3. The number of nitro benzene ring substituents is 1. The van der Waals surface area contributed by atoms with Crippen LogP contribution in [0.2, 0.25) is 0 Å². The molecule has 0 fully saturated rings. The molecular weight excluding hydrogens is 540 g/mol. The smallest absolute Gasteiger partial charge is 0.497 e. The molecule has 4 aromatic carbocycles. The number of amides is 1. The van der Waals surface area contributed by atoms with Crippen LogP contribution >= 0.6 is 0 Å². The summed E-state index contributed by atoms with van der Waals surface area (Å²) in [5.74, 6) is 0.667. The Morgan fingerprint density at radius 1 is 0.833 bits per heavy atom. The first-order valence-electron chi connectivity index (χ1n) is 13.2. The van der Waals surface area contributed by atoms with Crippen LogP contribution in [0.1, 0.15) is 22.6 Å². The Bertz CT molecular complexity index is 1520. The van der Waals surface area contributed by atoms with Crippen molar-refractivity contribution in [3.05, 3.63) is 124 Å². The molecule has 1 aliphatic rings. The minimum Gasteiger partial charge on any atom is -0.497 e. The molecule has 42 heavy (non-hydrogen) atoms. The molecule has 10 nitrogen and oxygen atoms in total. The van der Waals surface area contributed by atoms with Gasteiger partial charge in [-0.3, -0.25) is 10.1 Å². The van der Waals surface area contributed by atoms with Gasteiger partial charge in [0.1, 0.15) is 24.7 Å². The lowest BCUT2D eigenvalue weighted by Crippen LogP contribution is -2.41. The monoisotopic (exact) mass is 568 g/mol. The molecule has 0 spiro atoms. The van der Waals surface area contributed by atoms with Crippen molar-refractivity contribution in [3.63, 3.8) is 0 Å². The van der Waals surface area contributed by atoms with E-state index in [0.717, 1.165) is 27.8 Å². The molecule has 0 radical (unpaired) electrons. The Morgan fingerprint density at radius 2 is 1.43 bits per heavy atom. The molecule has 0 unspecified atom stereocenters. The Hall–Kier alpha value is -5.38. The fourth-order valence-corrected chi connectivity index (χ4v) is 4.93. The normalized spacial score (nSPS) is 12.4. The van der Waals surface area contributed by atoms with Gasteiger partial charge in [-0.2, -0.15) is 0 Å². The van der Waals surface area contributed by atoms with Crippen LogP contribution in [0.25, 0.3) is 11.1 Å². The highest BCUT2D eigenvalue weighted by Crippen LogP contribution is 2.44. The van der Waals surface area contributed by atoms with E-state index in [1.807, 2.05) is 48.5 Å². The number of ether oxygens (including phenoxy) is 4. The molecule has 0 saturated carbocycles. The summed E-state index contributed by atoms with van der Waals surface area (Å²) in [4.78, 5) is 35.6. The molecule has 4 aromatic rings. The number of non-ortho nitro benzene ring substituents is 1. The van der Waals surface area contributed by atoms with Gasteiger partial charge in [0.2, 0.25) is 0 Å². The van der Waals surface area contributed by atoms with Crippen LogP contribution in [0.5, 0.6) is 11.5 Å². The number of carbonyl (C=O) groups is 2. The molecule has 1 amide bonds. The van der Waals surface area contributed by atoms with Crippen LogP contribution in [0.3, 0.4) is 0 Å². The SMILES string of the molecule is COc1ccc(C[C@@H](COC(=O)Oc2ccc([N+](=O)[O-])cc2)NC(=O)OCC2c3ccccc3-c3ccccc32)cc1.